The molecule has 8 nitrogen and oxygen atoms in total. The van der Waals surface area contributed by atoms with E-state index in [1.807, 2.05) is 24.7 Å². The van der Waals surface area contributed by atoms with Crippen molar-refractivity contribution >= 4 is 28.8 Å². The van der Waals surface area contributed by atoms with Crippen LogP contribution in [0.4, 0.5) is 10.1 Å². The number of aromatic nitrogens is 3. The van der Waals surface area contributed by atoms with E-state index in [1.165, 1.54) is 10.6 Å². The Morgan fingerprint density at radius 3 is 2.66 bits per heavy atom. The number of hydrogen-bond donors (Lipinski definition) is 1. The number of pyridine rings is 1. The molecule has 184 valence electrons. The summed E-state index contributed by atoms with van der Waals surface area (Å²) in [5.41, 5.74) is 0.659. The summed E-state index contributed by atoms with van der Waals surface area (Å²) in [5.74, 6) is 0.0160. The van der Waals surface area contributed by atoms with Crippen molar-refractivity contribution in [2.45, 2.75) is 70.3 Å². The minimum atomic E-state index is -1.03. The van der Waals surface area contributed by atoms with E-state index in [4.69, 9.17) is 9.84 Å². The average Bonchev–Trinajstić information content (AvgIpc) is 3.41. The van der Waals surface area contributed by atoms with E-state index >= 15 is 0 Å². The molecular formula is C26H29FN4O4. The Balaban J connectivity index is 1.45. The molecule has 0 aliphatic heterocycles. The van der Waals surface area contributed by atoms with Gasteiger partial charge in [-0.25, -0.2) is 4.39 Å². The second-order valence-electron chi connectivity index (χ2n) is 9.80. The first-order chi connectivity index (χ1) is 16.8. The van der Waals surface area contributed by atoms with Crippen molar-refractivity contribution in [1.82, 2.24) is 14.3 Å². The molecule has 9 heteroatoms. The lowest BCUT2D eigenvalue weighted by molar-refractivity contribution is -0.112. The molecule has 2 aliphatic rings. The Kier molecular flexibility index (Phi) is 6.17. The molecule has 2 aromatic heterocycles. The minimum absolute atomic E-state index is 0.0924. The van der Waals surface area contributed by atoms with Gasteiger partial charge in [-0.05, 0) is 57.7 Å². The molecule has 1 unspecified atom stereocenters. The maximum Gasteiger partial charge on any atom is 0.274 e. The van der Waals surface area contributed by atoms with Crippen molar-refractivity contribution in [3.63, 3.8) is 0 Å². The highest BCUT2D eigenvalue weighted by atomic mass is 19.1. The fraction of sp³-hybridized carbons (Fsp3) is 0.462. The lowest BCUT2D eigenvalue weighted by atomic mass is 9.87. The fourth-order valence-corrected chi connectivity index (χ4v) is 4.79. The molecule has 3 aromatic rings. The smallest absolute Gasteiger partial charge is 0.274 e. The van der Waals surface area contributed by atoms with E-state index in [1.54, 1.807) is 24.4 Å². The number of nitrogens with zero attached hydrogens (tertiary/aromatic N) is 3. The Labute approximate surface area is 202 Å². The lowest BCUT2D eigenvalue weighted by Crippen LogP contribution is -2.26. The van der Waals surface area contributed by atoms with Gasteiger partial charge < -0.3 is 19.4 Å². The maximum absolute atomic E-state index is 13.5. The van der Waals surface area contributed by atoms with Gasteiger partial charge >= 0.3 is 0 Å². The van der Waals surface area contributed by atoms with E-state index in [-0.39, 0.29) is 23.8 Å². The van der Waals surface area contributed by atoms with E-state index in [2.05, 4.69) is 5.32 Å². The highest BCUT2D eigenvalue weighted by Gasteiger charge is 2.40. The SMILES string of the molecule is CC(C)Oc1cc2nn(C3CCC(C=O)CC3)cc2cc1C(=O)Nc1cccn(C2C[C@H]2F)c1=O. The van der Waals surface area contributed by atoms with Crippen LogP contribution in [0.15, 0.2) is 41.5 Å². The van der Waals surface area contributed by atoms with Crippen LogP contribution in [-0.2, 0) is 4.79 Å². The van der Waals surface area contributed by atoms with Crippen LogP contribution >= 0.6 is 0 Å². The van der Waals surface area contributed by atoms with Crippen LogP contribution in [0, 0.1) is 5.92 Å². The van der Waals surface area contributed by atoms with E-state index in [0.29, 0.717) is 23.3 Å². The van der Waals surface area contributed by atoms with Gasteiger partial charge in [-0.1, -0.05) is 0 Å². The minimum Gasteiger partial charge on any atom is -0.490 e. The molecule has 2 atom stereocenters. The van der Waals surface area contributed by atoms with Crippen LogP contribution in [0.3, 0.4) is 0 Å². The van der Waals surface area contributed by atoms with Crippen LogP contribution in [0.25, 0.3) is 10.9 Å². The standard InChI is InChI=1S/C26H29FN4O4/c1-15(2)35-24-12-22-17(13-31(29-22)18-7-5-16(14-32)6-8-18)10-19(24)25(33)28-21-4-3-9-30(26(21)34)23-11-20(23)27/h3-4,9-10,12-16,18,20,23H,5-8,11H2,1-2H3,(H,28,33)/t16?,18?,20-,23?/m1/s1. The van der Waals surface area contributed by atoms with Crippen LogP contribution < -0.4 is 15.6 Å². The Bertz CT molecular complexity index is 1320. The number of fused-ring (bicyclic) bond motifs is 1. The van der Waals surface area contributed by atoms with Crippen molar-refractivity contribution in [3.05, 3.63) is 52.6 Å². The number of rotatable bonds is 7. The van der Waals surface area contributed by atoms with Crippen molar-refractivity contribution in [2.24, 2.45) is 5.92 Å². The highest BCUT2D eigenvalue weighted by Crippen LogP contribution is 2.38. The molecular weight excluding hydrogens is 451 g/mol. The summed E-state index contributed by atoms with van der Waals surface area (Å²) < 4.78 is 22.7. The molecule has 2 aliphatic carbocycles. The zero-order valence-corrected chi connectivity index (χ0v) is 19.8. The van der Waals surface area contributed by atoms with Gasteiger partial charge in [0, 0.05) is 36.2 Å². The zero-order chi connectivity index (χ0) is 24.7. The van der Waals surface area contributed by atoms with Crippen LogP contribution in [0.2, 0.25) is 0 Å². The summed E-state index contributed by atoms with van der Waals surface area (Å²) >= 11 is 0. The fourth-order valence-electron chi connectivity index (χ4n) is 4.79. The molecule has 0 saturated heterocycles. The number of carbonyl (C=O) groups is 2. The normalized spacial score (nSPS) is 23.9. The number of ether oxygens (including phenoxy) is 1. The lowest BCUT2D eigenvalue weighted by Gasteiger charge is -2.25. The van der Waals surface area contributed by atoms with Crippen molar-refractivity contribution in [2.75, 3.05) is 5.32 Å². The predicted octanol–water partition coefficient (Wildman–Crippen LogP) is 4.45. The molecule has 2 heterocycles. The Hall–Kier alpha value is -3.49. The van der Waals surface area contributed by atoms with Gasteiger partial charge in [-0.3, -0.25) is 14.3 Å². The first kappa shape index (κ1) is 23.3. The third kappa shape index (κ3) is 4.72. The van der Waals surface area contributed by atoms with E-state index < -0.39 is 23.7 Å². The molecule has 1 N–H and O–H groups in total. The van der Waals surface area contributed by atoms with Crippen molar-refractivity contribution < 1.29 is 18.7 Å². The largest absolute Gasteiger partial charge is 0.490 e. The summed E-state index contributed by atoms with van der Waals surface area (Å²) in [6.45, 7) is 3.74. The van der Waals surface area contributed by atoms with Crippen molar-refractivity contribution in [3.8, 4) is 5.75 Å². The topological polar surface area (TPSA) is 95.2 Å². The number of benzene rings is 1. The number of hydrogen-bond acceptors (Lipinski definition) is 5. The second-order valence-corrected chi connectivity index (χ2v) is 9.80. The summed E-state index contributed by atoms with van der Waals surface area (Å²) in [5, 5.41) is 8.20. The van der Waals surface area contributed by atoms with Gasteiger partial charge in [0.15, 0.2) is 0 Å². The maximum atomic E-state index is 13.5. The third-order valence-corrected chi connectivity index (χ3v) is 6.80. The van der Waals surface area contributed by atoms with Gasteiger partial charge in [0.1, 0.15) is 23.9 Å². The Morgan fingerprint density at radius 2 is 2.00 bits per heavy atom. The molecule has 0 spiro atoms. The molecule has 0 bridgehead atoms. The number of nitrogens with one attached hydrogen (secondary N) is 1. The number of carbonyl (C=O) groups excluding carboxylic acids is 2. The van der Waals surface area contributed by atoms with Gasteiger partial charge in [-0.2, -0.15) is 5.10 Å². The molecule has 0 radical (unpaired) electrons. The molecule has 5 rings (SSSR count). The summed E-state index contributed by atoms with van der Waals surface area (Å²) in [6, 6.07) is 6.35. The molecule has 1 aromatic carbocycles. The van der Waals surface area contributed by atoms with Gasteiger partial charge in [0.05, 0.1) is 29.3 Å². The number of anilines is 1. The van der Waals surface area contributed by atoms with Crippen LogP contribution in [0.1, 0.15) is 68.4 Å². The summed E-state index contributed by atoms with van der Waals surface area (Å²) in [4.78, 5) is 37.1. The van der Waals surface area contributed by atoms with Crippen LogP contribution in [0.5, 0.6) is 5.75 Å². The average molecular weight is 481 g/mol. The predicted molar refractivity (Wildman–Crippen MR) is 130 cm³/mol. The number of halogens is 1. The third-order valence-electron chi connectivity index (χ3n) is 6.80. The molecule has 2 fully saturated rings. The quantitative estimate of drug-likeness (QED) is 0.504. The number of amides is 1. The van der Waals surface area contributed by atoms with Crippen LogP contribution in [-0.4, -0.2) is 38.8 Å². The molecule has 35 heavy (non-hydrogen) atoms. The number of alkyl halides is 1. The first-order valence-electron chi connectivity index (χ1n) is 12.2. The second kappa shape index (κ2) is 9.28. The highest BCUT2D eigenvalue weighted by molar-refractivity contribution is 6.08. The molecule has 1 amide bonds. The van der Waals surface area contributed by atoms with E-state index in [9.17, 15) is 18.8 Å². The first-order valence-corrected chi connectivity index (χ1v) is 12.2. The van der Waals surface area contributed by atoms with Gasteiger partial charge in [0.25, 0.3) is 11.5 Å². The molecule has 2 saturated carbocycles. The monoisotopic (exact) mass is 480 g/mol. The summed E-state index contributed by atoms with van der Waals surface area (Å²) in [7, 11) is 0. The zero-order valence-electron chi connectivity index (χ0n) is 19.8. The Morgan fingerprint density at radius 1 is 1.26 bits per heavy atom. The van der Waals surface area contributed by atoms with Gasteiger partial charge in [-0.15, -0.1) is 0 Å². The van der Waals surface area contributed by atoms with E-state index in [0.717, 1.165) is 37.4 Å². The number of aldehydes is 1. The summed E-state index contributed by atoms with van der Waals surface area (Å²) in [6.07, 6.45) is 7.04. The van der Waals surface area contributed by atoms with Crippen molar-refractivity contribution in [1.29, 1.82) is 0 Å². The van der Waals surface area contributed by atoms with Gasteiger partial charge in [0.2, 0.25) is 0 Å².